The number of hydrogen-bond donors (Lipinski definition) is 1. The molecule has 1 N–H and O–H groups in total. The highest BCUT2D eigenvalue weighted by Gasteiger charge is 2.16. The van der Waals surface area contributed by atoms with E-state index >= 15 is 0 Å². The van der Waals surface area contributed by atoms with Crippen LogP contribution in [0.1, 0.15) is 63.0 Å². The Labute approximate surface area is 159 Å². The molecule has 1 unspecified atom stereocenters. The van der Waals surface area contributed by atoms with Gasteiger partial charge in [-0.15, -0.1) is 0 Å². The van der Waals surface area contributed by atoms with Crippen molar-refractivity contribution in [3.8, 4) is 0 Å². The first-order valence-corrected chi connectivity index (χ1v) is 10.6. The maximum Gasteiger partial charge on any atom is 0.0542 e. The number of hydrazone groups is 1. The summed E-state index contributed by atoms with van der Waals surface area (Å²) >= 11 is 0. The average Bonchev–Trinajstić information content (AvgIpc) is 2.69. The minimum absolute atomic E-state index is 0.780. The number of rotatable bonds is 8. The van der Waals surface area contributed by atoms with Crippen LogP contribution in [0.15, 0.2) is 29.4 Å². The van der Waals surface area contributed by atoms with Crippen molar-refractivity contribution in [3.05, 3.63) is 35.4 Å². The first kappa shape index (κ1) is 19.4. The average molecular weight is 357 g/mol. The van der Waals surface area contributed by atoms with Gasteiger partial charge in [0, 0.05) is 25.7 Å². The predicted molar refractivity (Wildman–Crippen MR) is 111 cm³/mol. The Morgan fingerprint density at radius 2 is 1.81 bits per heavy atom. The molecule has 4 heteroatoms. The van der Waals surface area contributed by atoms with Gasteiger partial charge in [0.25, 0.3) is 0 Å². The molecule has 1 aromatic carbocycles. The van der Waals surface area contributed by atoms with Gasteiger partial charge >= 0.3 is 0 Å². The lowest BCUT2D eigenvalue weighted by Gasteiger charge is -2.33. The highest BCUT2D eigenvalue weighted by atomic mass is 15.4. The molecule has 4 nitrogen and oxygen atoms in total. The maximum absolute atomic E-state index is 4.61. The summed E-state index contributed by atoms with van der Waals surface area (Å²) in [6.07, 6.45) is 11.3. The van der Waals surface area contributed by atoms with Crippen LogP contribution in [-0.2, 0) is 6.54 Å². The second-order valence-electron chi connectivity index (χ2n) is 7.91. The Morgan fingerprint density at radius 3 is 2.58 bits per heavy atom. The lowest BCUT2D eigenvalue weighted by Crippen LogP contribution is -2.38. The van der Waals surface area contributed by atoms with Crippen LogP contribution < -0.4 is 5.32 Å². The van der Waals surface area contributed by atoms with Crippen molar-refractivity contribution >= 4 is 6.21 Å². The molecular formula is C22H36N4. The lowest BCUT2D eigenvalue weighted by molar-refractivity contribution is 0.159. The molecule has 1 atom stereocenters. The molecule has 0 aliphatic carbocycles. The molecule has 144 valence electrons. The Morgan fingerprint density at radius 1 is 1.04 bits per heavy atom. The SMILES string of the molecule is CC1CCCCN1CCCNCc1ccc(/C=N/N2CCCCC2)cc1. The molecule has 2 aliphatic heterocycles. The van der Waals surface area contributed by atoms with Crippen molar-refractivity contribution in [1.82, 2.24) is 15.2 Å². The van der Waals surface area contributed by atoms with E-state index in [9.17, 15) is 0 Å². The number of piperidine rings is 2. The molecule has 2 saturated heterocycles. The Hall–Kier alpha value is -1.39. The Kier molecular flexibility index (Phi) is 7.96. The van der Waals surface area contributed by atoms with Gasteiger partial charge in [-0.25, -0.2) is 0 Å². The highest BCUT2D eigenvalue weighted by Crippen LogP contribution is 2.16. The van der Waals surface area contributed by atoms with Crippen molar-refractivity contribution < 1.29 is 0 Å². The van der Waals surface area contributed by atoms with E-state index in [4.69, 9.17) is 0 Å². The van der Waals surface area contributed by atoms with Gasteiger partial charge in [0.15, 0.2) is 0 Å². The third-order valence-corrected chi connectivity index (χ3v) is 5.75. The van der Waals surface area contributed by atoms with Crippen LogP contribution in [0.4, 0.5) is 0 Å². The predicted octanol–water partition coefficient (Wildman–Crippen LogP) is 3.86. The molecule has 0 bridgehead atoms. The van der Waals surface area contributed by atoms with Crippen LogP contribution in [0.5, 0.6) is 0 Å². The fourth-order valence-electron chi connectivity index (χ4n) is 3.99. The van der Waals surface area contributed by atoms with Crippen molar-refractivity contribution in [2.75, 3.05) is 32.7 Å². The second kappa shape index (κ2) is 10.7. The first-order valence-electron chi connectivity index (χ1n) is 10.6. The van der Waals surface area contributed by atoms with E-state index in [-0.39, 0.29) is 0 Å². The van der Waals surface area contributed by atoms with Gasteiger partial charge < -0.3 is 10.2 Å². The van der Waals surface area contributed by atoms with Crippen LogP contribution in [0.25, 0.3) is 0 Å². The molecule has 0 aromatic heterocycles. The highest BCUT2D eigenvalue weighted by molar-refractivity contribution is 5.79. The largest absolute Gasteiger partial charge is 0.313 e. The van der Waals surface area contributed by atoms with Crippen LogP contribution in [0.3, 0.4) is 0 Å². The smallest absolute Gasteiger partial charge is 0.0542 e. The Bertz CT molecular complexity index is 534. The van der Waals surface area contributed by atoms with Crippen LogP contribution >= 0.6 is 0 Å². The van der Waals surface area contributed by atoms with Gasteiger partial charge in [-0.2, -0.15) is 5.10 Å². The summed E-state index contributed by atoms with van der Waals surface area (Å²) in [6.45, 7) is 9.17. The number of benzene rings is 1. The normalized spacial score (nSPS) is 22.2. The van der Waals surface area contributed by atoms with Crippen LogP contribution in [0.2, 0.25) is 0 Å². The quantitative estimate of drug-likeness (QED) is 0.567. The van der Waals surface area contributed by atoms with Crippen molar-refractivity contribution in [2.24, 2.45) is 5.10 Å². The van der Waals surface area contributed by atoms with E-state index < -0.39 is 0 Å². The zero-order valence-electron chi connectivity index (χ0n) is 16.5. The number of likely N-dealkylation sites (tertiary alicyclic amines) is 1. The van der Waals surface area contributed by atoms with E-state index in [0.717, 1.165) is 32.2 Å². The summed E-state index contributed by atoms with van der Waals surface area (Å²) < 4.78 is 0. The standard InChI is InChI=1S/C22H36N4/c1-20-8-3-6-14-25(20)15-7-13-23-18-21-9-11-22(12-10-21)19-24-26-16-4-2-5-17-26/h9-12,19-20,23H,2-8,13-18H2,1H3/b24-19+. The van der Waals surface area contributed by atoms with Crippen molar-refractivity contribution in [2.45, 2.75) is 64.5 Å². The molecular weight excluding hydrogens is 320 g/mol. The van der Waals surface area contributed by atoms with Gasteiger partial charge in [0.2, 0.25) is 0 Å². The first-order chi connectivity index (χ1) is 12.8. The summed E-state index contributed by atoms with van der Waals surface area (Å²) in [5.74, 6) is 0. The maximum atomic E-state index is 4.61. The third kappa shape index (κ3) is 6.40. The van der Waals surface area contributed by atoms with E-state index in [0.29, 0.717) is 0 Å². The fourth-order valence-corrected chi connectivity index (χ4v) is 3.99. The topological polar surface area (TPSA) is 30.9 Å². The minimum atomic E-state index is 0.780. The van der Waals surface area contributed by atoms with E-state index in [1.807, 2.05) is 6.21 Å². The second-order valence-corrected chi connectivity index (χ2v) is 7.91. The molecule has 3 rings (SSSR count). The molecule has 2 heterocycles. The van der Waals surface area contributed by atoms with Gasteiger partial charge in [-0.05, 0) is 76.2 Å². The van der Waals surface area contributed by atoms with Gasteiger partial charge in [0.1, 0.15) is 0 Å². The van der Waals surface area contributed by atoms with E-state index in [1.54, 1.807) is 0 Å². The molecule has 2 aliphatic rings. The van der Waals surface area contributed by atoms with E-state index in [2.05, 4.69) is 51.5 Å². The minimum Gasteiger partial charge on any atom is -0.313 e. The lowest BCUT2D eigenvalue weighted by atomic mass is 10.0. The number of nitrogens with one attached hydrogen (secondary N) is 1. The fraction of sp³-hybridized carbons (Fsp3) is 0.682. The van der Waals surface area contributed by atoms with Crippen molar-refractivity contribution in [1.29, 1.82) is 0 Å². The monoisotopic (exact) mass is 356 g/mol. The van der Waals surface area contributed by atoms with Gasteiger partial charge in [-0.3, -0.25) is 5.01 Å². The summed E-state index contributed by atoms with van der Waals surface area (Å²) in [6, 6.07) is 9.58. The zero-order valence-corrected chi connectivity index (χ0v) is 16.5. The summed E-state index contributed by atoms with van der Waals surface area (Å²) in [7, 11) is 0. The third-order valence-electron chi connectivity index (χ3n) is 5.75. The van der Waals surface area contributed by atoms with Gasteiger partial charge in [-0.1, -0.05) is 30.7 Å². The van der Waals surface area contributed by atoms with E-state index in [1.165, 1.54) is 69.2 Å². The summed E-state index contributed by atoms with van der Waals surface area (Å²) in [4.78, 5) is 2.65. The molecule has 0 saturated carbocycles. The molecule has 2 fully saturated rings. The molecule has 1 aromatic rings. The van der Waals surface area contributed by atoms with Gasteiger partial charge in [0.05, 0.1) is 6.21 Å². The van der Waals surface area contributed by atoms with Crippen molar-refractivity contribution in [3.63, 3.8) is 0 Å². The Balaban J connectivity index is 1.32. The number of hydrogen-bond acceptors (Lipinski definition) is 4. The molecule has 0 amide bonds. The number of nitrogens with zero attached hydrogens (tertiary/aromatic N) is 3. The van der Waals surface area contributed by atoms with Crippen LogP contribution in [-0.4, -0.2) is 54.9 Å². The van der Waals surface area contributed by atoms with Crippen LogP contribution in [0, 0.1) is 0 Å². The zero-order chi connectivity index (χ0) is 18.0. The summed E-state index contributed by atoms with van der Waals surface area (Å²) in [5, 5.41) is 10.4. The summed E-state index contributed by atoms with van der Waals surface area (Å²) in [5.41, 5.74) is 2.55. The molecule has 0 radical (unpaired) electrons. The molecule has 0 spiro atoms. The molecule has 26 heavy (non-hydrogen) atoms.